The van der Waals surface area contributed by atoms with Crippen LogP contribution in [-0.4, -0.2) is 59.2 Å². The highest BCUT2D eigenvalue weighted by atomic mass is 35.5. The Hall–Kier alpha value is -1.31. The molecule has 1 N–H and O–H groups in total. The second kappa shape index (κ2) is 8.52. The Kier molecular flexibility index (Phi) is 7.31. The zero-order valence-electron chi connectivity index (χ0n) is 14.0. The smallest absolute Gasteiger partial charge is 0.232 e. The van der Waals surface area contributed by atoms with Gasteiger partial charge in [0, 0.05) is 31.1 Å². The molecule has 0 aliphatic carbocycles. The van der Waals surface area contributed by atoms with E-state index in [-0.39, 0.29) is 18.9 Å². The van der Waals surface area contributed by atoms with Gasteiger partial charge in [-0.3, -0.25) is 9.10 Å². The largest absolute Gasteiger partial charge is 0.355 e. The van der Waals surface area contributed by atoms with Crippen molar-refractivity contribution in [3.63, 3.8) is 0 Å². The number of hydrogen-bond donors (Lipinski definition) is 1. The van der Waals surface area contributed by atoms with Crippen LogP contribution >= 0.6 is 11.6 Å². The minimum absolute atomic E-state index is 0.0754. The van der Waals surface area contributed by atoms with Gasteiger partial charge in [0.2, 0.25) is 15.9 Å². The third-order valence-electron chi connectivity index (χ3n) is 3.27. The summed E-state index contributed by atoms with van der Waals surface area (Å²) in [6.45, 7) is 3.18. The maximum absolute atomic E-state index is 12.0. The molecular formula is C15H24ClN3O3S. The van der Waals surface area contributed by atoms with E-state index in [0.717, 1.165) is 18.4 Å². The normalized spacial score (nSPS) is 11.6. The number of sulfonamides is 1. The molecule has 130 valence electrons. The fourth-order valence-electron chi connectivity index (χ4n) is 1.93. The highest BCUT2D eigenvalue weighted by Gasteiger charge is 2.19. The molecule has 8 heteroatoms. The second-order valence-corrected chi connectivity index (χ2v) is 7.99. The van der Waals surface area contributed by atoms with Crippen molar-refractivity contribution in [1.82, 2.24) is 10.2 Å². The molecule has 0 radical (unpaired) electrons. The van der Waals surface area contributed by atoms with E-state index in [0.29, 0.717) is 17.3 Å². The van der Waals surface area contributed by atoms with Gasteiger partial charge >= 0.3 is 0 Å². The van der Waals surface area contributed by atoms with Gasteiger partial charge in [0.1, 0.15) is 0 Å². The number of halogens is 1. The Morgan fingerprint density at radius 1 is 1.26 bits per heavy atom. The number of amides is 1. The van der Waals surface area contributed by atoms with Gasteiger partial charge in [0.25, 0.3) is 0 Å². The Labute approximate surface area is 143 Å². The summed E-state index contributed by atoms with van der Waals surface area (Å²) in [5.41, 5.74) is 1.33. The molecule has 0 aliphatic rings. The van der Waals surface area contributed by atoms with Crippen molar-refractivity contribution in [2.45, 2.75) is 13.3 Å². The monoisotopic (exact) mass is 361 g/mol. The first-order valence-corrected chi connectivity index (χ1v) is 9.49. The van der Waals surface area contributed by atoms with Crippen LogP contribution in [-0.2, 0) is 14.8 Å². The number of aryl methyl sites for hydroxylation is 1. The zero-order valence-corrected chi connectivity index (χ0v) is 15.5. The van der Waals surface area contributed by atoms with Gasteiger partial charge in [0.05, 0.1) is 11.9 Å². The summed E-state index contributed by atoms with van der Waals surface area (Å²) in [5, 5.41) is 3.26. The lowest BCUT2D eigenvalue weighted by atomic mass is 10.2. The number of nitrogens with zero attached hydrogens (tertiary/aromatic N) is 2. The van der Waals surface area contributed by atoms with Crippen molar-refractivity contribution in [1.29, 1.82) is 0 Å². The molecule has 0 atom stereocenters. The summed E-state index contributed by atoms with van der Waals surface area (Å²) < 4.78 is 25.2. The molecule has 0 saturated heterocycles. The van der Waals surface area contributed by atoms with E-state index in [9.17, 15) is 13.2 Å². The number of likely N-dealkylation sites (N-methyl/N-ethyl adjacent to an activating group) is 1. The van der Waals surface area contributed by atoms with Gasteiger partial charge in [-0.05, 0) is 38.7 Å². The van der Waals surface area contributed by atoms with E-state index in [1.165, 1.54) is 4.31 Å². The van der Waals surface area contributed by atoms with Crippen molar-refractivity contribution in [2.75, 3.05) is 44.3 Å². The third kappa shape index (κ3) is 6.76. The van der Waals surface area contributed by atoms with Gasteiger partial charge in [-0.1, -0.05) is 17.7 Å². The first-order valence-electron chi connectivity index (χ1n) is 7.26. The summed E-state index contributed by atoms with van der Waals surface area (Å²) >= 11 is 6.06. The fraction of sp³-hybridized carbons (Fsp3) is 0.533. The Morgan fingerprint density at radius 3 is 2.43 bits per heavy atom. The molecule has 1 rings (SSSR count). The second-order valence-electron chi connectivity index (χ2n) is 5.67. The zero-order chi connectivity index (χ0) is 17.6. The number of carbonyl (C=O) groups is 1. The SMILES string of the molecule is Cc1ccc(N(CCC(=O)NCCN(C)C)S(C)(=O)=O)cc1Cl. The van der Waals surface area contributed by atoms with Crippen LogP contribution in [0, 0.1) is 6.92 Å². The van der Waals surface area contributed by atoms with Crippen LogP contribution in [0.1, 0.15) is 12.0 Å². The lowest BCUT2D eigenvalue weighted by Gasteiger charge is -2.22. The minimum Gasteiger partial charge on any atom is -0.355 e. The number of benzene rings is 1. The quantitative estimate of drug-likeness (QED) is 0.761. The Bertz CT molecular complexity index is 647. The van der Waals surface area contributed by atoms with E-state index >= 15 is 0 Å². The standard InChI is InChI=1S/C15H24ClN3O3S/c1-12-5-6-13(11-14(12)16)19(23(4,21)22)9-7-15(20)17-8-10-18(2)3/h5-6,11H,7-10H2,1-4H3,(H,17,20). The van der Waals surface area contributed by atoms with Gasteiger partial charge in [-0.25, -0.2) is 8.42 Å². The molecule has 0 unspecified atom stereocenters. The first-order chi connectivity index (χ1) is 10.6. The van der Waals surface area contributed by atoms with Gasteiger partial charge in [-0.15, -0.1) is 0 Å². The van der Waals surface area contributed by atoms with Crippen molar-refractivity contribution < 1.29 is 13.2 Å². The molecule has 23 heavy (non-hydrogen) atoms. The van der Waals surface area contributed by atoms with Crippen LogP contribution in [0.15, 0.2) is 18.2 Å². The Balaban J connectivity index is 2.73. The highest BCUT2D eigenvalue weighted by molar-refractivity contribution is 7.92. The molecule has 0 bridgehead atoms. The van der Waals surface area contributed by atoms with Crippen molar-refractivity contribution >= 4 is 33.2 Å². The van der Waals surface area contributed by atoms with Crippen LogP contribution in [0.4, 0.5) is 5.69 Å². The molecule has 6 nitrogen and oxygen atoms in total. The van der Waals surface area contributed by atoms with Crippen molar-refractivity contribution in [3.8, 4) is 0 Å². The molecule has 1 aromatic rings. The lowest BCUT2D eigenvalue weighted by molar-refractivity contribution is -0.120. The number of carbonyl (C=O) groups excluding carboxylic acids is 1. The summed E-state index contributed by atoms with van der Waals surface area (Å²) in [6.07, 6.45) is 1.21. The molecule has 0 heterocycles. The third-order valence-corrected chi connectivity index (χ3v) is 4.87. The summed E-state index contributed by atoms with van der Waals surface area (Å²) in [7, 11) is 0.340. The van der Waals surface area contributed by atoms with Crippen molar-refractivity contribution in [2.24, 2.45) is 0 Å². The van der Waals surface area contributed by atoms with E-state index in [4.69, 9.17) is 11.6 Å². The van der Waals surface area contributed by atoms with E-state index in [1.807, 2.05) is 25.9 Å². The maximum atomic E-state index is 12.0. The molecule has 0 aromatic heterocycles. The number of hydrogen-bond acceptors (Lipinski definition) is 4. The predicted molar refractivity (Wildman–Crippen MR) is 94.6 cm³/mol. The molecule has 0 aliphatic heterocycles. The van der Waals surface area contributed by atoms with Crippen LogP contribution in [0.3, 0.4) is 0 Å². The maximum Gasteiger partial charge on any atom is 0.232 e. The number of nitrogens with one attached hydrogen (secondary N) is 1. The predicted octanol–water partition coefficient (Wildman–Crippen LogP) is 1.48. The number of anilines is 1. The van der Waals surface area contributed by atoms with Crippen LogP contribution < -0.4 is 9.62 Å². The average molecular weight is 362 g/mol. The van der Waals surface area contributed by atoms with Crippen LogP contribution in [0.2, 0.25) is 5.02 Å². The van der Waals surface area contributed by atoms with Crippen LogP contribution in [0.5, 0.6) is 0 Å². The molecule has 1 amide bonds. The molecule has 0 saturated carbocycles. The summed E-state index contributed by atoms with van der Waals surface area (Å²) in [5.74, 6) is -0.182. The lowest BCUT2D eigenvalue weighted by Crippen LogP contribution is -2.36. The van der Waals surface area contributed by atoms with E-state index < -0.39 is 10.0 Å². The van der Waals surface area contributed by atoms with E-state index in [2.05, 4.69) is 5.32 Å². The molecule has 0 fully saturated rings. The van der Waals surface area contributed by atoms with Crippen molar-refractivity contribution in [3.05, 3.63) is 28.8 Å². The number of rotatable bonds is 8. The fourth-order valence-corrected chi connectivity index (χ4v) is 3.03. The molecule has 1 aromatic carbocycles. The molecule has 0 spiro atoms. The summed E-state index contributed by atoms with van der Waals surface area (Å²) in [6, 6.07) is 5.04. The Morgan fingerprint density at radius 2 is 1.91 bits per heavy atom. The first kappa shape index (κ1) is 19.7. The summed E-state index contributed by atoms with van der Waals surface area (Å²) in [4.78, 5) is 13.8. The highest BCUT2D eigenvalue weighted by Crippen LogP contribution is 2.24. The minimum atomic E-state index is -3.49. The molecular weight excluding hydrogens is 338 g/mol. The van der Waals surface area contributed by atoms with Crippen LogP contribution in [0.25, 0.3) is 0 Å². The average Bonchev–Trinajstić information content (AvgIpc) is 2.41. The van der Waals surface area contributed by atoms with E-state index in [1.54, 1.807) is 18.2 Å². The van der Waals surface area contributed by atoms with Gasteiger partial charge < -0.3 is 10.2 Å². The van der Waals surface area contributed by atoms with Gasteiger partial charge in [0.15, 0.2) is 0 Å². The topological polar surface area (TPSA) is 69.7 Å². The van der Waals surface area contributed by atoms with Gasteiger partial charge in [-0.2, -0.15) is 0 Å².